The minimum absolute atomic E-state index is 0.0244. The summed E-state index contributed by atoms with van der Waals surface area (Å²) in [6.45, 7) is 0. The quantitative estimate of drug-likeness (QED) is 0.572. The number of nitriles is 1. The number of nitrogens with zero attached hydrogens (tertiary/aromatic N) is 3. The summed E-state index contributed by atoms with van der Waals surface area (Å²) in [6, 6.07) is 14.4. The van der Waals surface area contributed by atoms with Crippen LogP contribution in [0.25, 0.3) is 11.0 Å². The van der Waals surface area contributed by atoms with Gasteiger partial charge in [0.25, 0.3) is 5.91 Å². The molecule has 3 atom stereocenters. The van der Waals surface area contributed by atoms with Gasteiger partial charge in [0.2, 0.25) is 5.91 Å². The molecule has 0 saturated heterocycles. The summed E-state index contributed by atoms with van der Waals surface area (Å²) in [5.74, 6) is -1.11. The zero-order chi connectivity index (χ0) is 22.5. The fourth-order valence-electron chi connectivity index (χ4n) is 4.07. The van der Waals surface area contributed by atoms with Crippen LogP contribution in [0.5, 0.6) is 5.75 Å². The topological polar surface area (TPSA) is 128 Å². The van der Waals surface area contributed by atoms with Crippen molar-refractivity contribution in [2.45, 2.75) is 37.8 Å². The number of nitrogens with one attached hydrogen (secondary N) is 2. The molecule has 1 heterocycles. The van der Waals surface area contributed by atoms with Crippen LogP contribution in [0.4, 0.5) is 0 Å². The van der Waals surface area contributed by atoms with Crippen LogP contribution < -0.4 is 10.6 Å². The van der Waals surface area contributed by atoms with E-state index in [1.54, 1.807) is 18.2 Å². The van der Waals surface area contributed by atoms with Crippen molar-refractivity contribution in [1.82, 2.24) is 20.6 Å². The van der Waals surface area contributed by atoms with Crippen LogP contribution in [0.2, 0.25) is 0 Å². The lowest BCUT2D eigenvalue weighted by Crippen LogP contribution is -2.49. The first-order valence-corrected chi connectivity index (χ1v) is 10.6. The lowest BCUT2D eigenvalue weighted by atomic mass is 9.83. The van der Waals surface area contributed by atoms with E-state index >= 15 is 0 Å². The third-order valence-corrected chi connectivity index (χ3v) is 5.72. The third-order valence-electron chi connectivity index (χ3n) is 5.72. The van der Waals surface area contributed by atoms with Gasteiger partial charge in [-0.25, -0.2) is 4.98 Å². The smallest absolute Gasteiger partial charge is 0.271 e. The Labute approximate surface area is 185 Å². The Morgan fingerprint density at radius 1 is 1.09 bits per heavy atom. The van der Waals surface area contributed by atoms with Crippen molar-refractivity contribution in [3.05, 3.63) is 66.0 Å². The Hall–Kier alpha value is -3.99. The van der Waals surface area contributed by atoms with Crippen molar-refractivity contribution < 1.29 is 14.7 Å². The second-order valence-electron chi connectivity index (χ2n) is 7.88. The number of fused-ring (bicyclic) bond motifs is 1. The summed E-state index contributed by atoms with van der Waals surface area (Å²) < 4.78 is 0. The van der Waals surface area contributed by atoms with Gasteiger partial charge in [0.05, 0.1) is 29.2 Å². The van der Waals surface area contributed by atoms with Gasteiger partial charge in [-0.15, -0.1) is 0 Å². The summed E-state index contributed by atoms with van der Waals surface area (Å²) in [7, 11) is 0. The number of carbonyl (C=O) groups excluding carboxylic acids is 2. The standard InChI is InChI=1S/C24H23N5O3/c25-13-21(15-6-5-7-16(30)12-15)29-23(31)17-8-1-2-9-18(17)28-24(32)22-14-26-19-10-3-4-11-20(19)27-22/h3-7,10-12,14,17-18,21,30H,1-2,8-9H2,(H,28,32)(H,29,31)/t17-,18-,21?/m1/s1. The Morgan fingerprint density at radius 3 is 2.66 bits per heavy atom. The molecule has 0 bridgehead atoms. The number of aromatic nitrogens is 2. The van der Waals surface area contributed by atoms with E-state index in [9.17, 15) is 20.0 Å². The molecular weight excluding hydrogens is 406 g/mol. The van der Waals surface area contributed by atoms with E-state index in [1.807, 2.05) is 18.2 Å². The average molecular weight is 429 g/mol. The number of phenols is 1. The zero-order valence-electron chi connectivity index (χ0n) is 17.4. The Kier molecular flexibility index (Phi) is 6.26. The predicted octanol–water partition coefficient (Wildman–Crippen LogP) is 3.01. The monoisotopic (exact) mass is 429 g/mol. The molecule has 0 radical (unpaired) electrons. The van der Waals surface area contributed by atoms with Crippen LogP contribution in [0.1, 0.15) is 47.8 Å². The van der Waals surface area contributed by atoms with Gasteiger partial charge in [0, 0.05) is 6.04 Å². The zero-order valence-corrected chi connectivity index (χ0v) is 17.4. The fourth-order valence-corrected chi connectivity index (χ4v) is 4.07. The van der Waals surface area contributed by atoms with Gasteiger partial charge in [0.1, 0.15) is 17.5 Å². The molecule has 1 aromatic heterocycles. The highest BCUT2D eigenvalue weighted by Gasteiger charge is 2.33. The highest BCUT2D eigenvalue weighted by Crippen LogP contribution is 2.26. The summed E-state index contributed by atoms with van der Waals surface area (Å²) in [5.41, 5.74) is 2.03. The number of amides is 2. The summed E-state index contributed by atoms with van der Waals surface area (Å²) in [5, 5.41) is 24.9. The first-order valence-electron chi connectivity index (χ1n) is 10.6. The Balaban J connectivity index is 1.47. The first kappa shape index (κ1) is 21.2. The minimum Gasteiger partial charge on any atom is -0.508 e. The third kappa shape index (κ3) is 4.67. The number of carbonyl (C=O) groups is 2. The highest BCUT2D eigenvalue weighted by atomic mass is 16.3. The number of benzene rings is 2. The largest absolute Gasteiger partial charge is 0.508 e. The molecule has 2 amide bonds. The molecule has 1 unspecified atom stereocenters. The molecule has 1 aliphatic rings. The van der Waals surface area contributed by atoms with Gasteiger partial charge in [-0.2, -0.15) is 5.26 Å². The maximum Gasteiger partial charge on any atom is 0.271 e. The molecule has 0 aliphatic heterocycles. The lowest BCUT2D eigenvalue weighted by molar-refractivity contribution is -0.127. The molecule has 0 spiro atoms. The molecule has 8 nitrogen and oxygen atoms in total. The van der Waals surface area contributed by atoms with E-state index < -0.39 is 12.0 Å². The predicted molar refractivity (Wildman–Crippen MR) is 117 cm³/mol. The van der Waals surface area contributed by atoms with E-state index in [0.29, 0.717) is 29.4 Å². The van der Waals surface area contributed by atoms with E-state index in [2.05, 4.69) is 26.7 Å². The van der Waals surface area contributed by atoms with Crippen molar-refractivity contribution in [3.8, 4) is 11.8 Å². The molecule has 2 aromatic carbocycles. The first-order chi connectivity index (χ1) is 15.5. The van der Waals surface area contributed by atoms with Gasteiger partial charge >= 0.3 is 0 Å². The van der Waals surface area contributed by atoms with Gasteiger partial charge in [-0.3, -0.25) is 14.6 Å². The van der Waals surface area contributed by atoms with Crippen molar-refractivity contribution in [2.75, 3.05) is 0 Å². The number of phenolic OH excluding ortho intramolecular Hbond substituents is 1. The summed E-state index contributed by atoms with van der Waals surface area (Å²) in [4.78, 5) is 34.5. The van der Waals surface area contributed by atoms with Crippen LogP contribution in [0.3, 0.4) is 0 Å². The number of aromatic hydroxyl groups is 1. The molecule has 4 rings (SSSR count). The second-order valence-corrected chi connectivity index (χ2v) is 7.88. The summed E-state index contributed by atoms with van der Waals surface area (Å²) >= 11 is 0. The van der Waals surface area contributed by atoms with E-state index in [-0.39, 0.29) is 29.3 Å². The van der Waals surface area contributed by atoms with E-state index in [0.717, 1.165) is 12.8 Å². The van der Waals surface area contributed by atoms with Gasteiger partial charge in [-0.1, -0.05) is 37.1 Å². The normalized spacial score (nSPS) is 19.0. The van der Waals surface area contributed by atoms with Gasteiger partial charge in [0.15, 0.2) is 0 Å². The van der Waals surface area contributed by atoms with Crippen LogP contribution >= 0.6 is 0 Å². The molecule has 1 saturated carbocycles. The van der Waals surface area contributed by atoms with Crippen LogP contribution in [0.15, 0.2) is 54.7 Å². The second kappa shape index (κ2) is 9.43. The Morgan fingerprint density at radius 2 is 1.88 bits per heavy atom. The van der Waals surface area contributed by atoms with Crippen molar-refractivity contribution in [2.24, 2.45) is 5.92 Å². The lowest BCUT2D eigenvalue weighted by Gasteiger charge is -2.31. The maximum atomic E-state index is 13.0. The molecule has 3 N–H and O–H groups in total. The number of rotatable bonds is 5. The molecule has 32 heavy (non-hydrogen) atoms. The Bertz CT molecular complexity index is 1190. The summed E-state index contributed by atoms with van der Waals surface area (Å²) in [6.07, 6.45) is 4.46. The molecule has 1 aliphatic carbocycles. The van der Waals surface area contributed by atoms with E-state index in [1.165, 1.54) is 18.3 Å². The van der Waals surface area contributed by atoms with E-state index in [4.69, 9.17) is 0 Å². The molecule has 1 fully saturated rings. The van der Waals surface area contributed by atoms with Crippen molar-refractivity contribution >= 4 is 22.8 Å². The highest BCUT2D eigenvalue weighted by molar-refractivity contribution is 5.94. The van der Waals surface area contributed by atoms with Crippen molar-refractivity contribution in [3.63, 3.8) is 0 Å². The van der Waals surface area contributed by atoms with Crippen molar-refractivity contribution in [1.29, 1.82) is 5.26 Å². The maximum absolute atomic E-state index is 13.0. The number of para-hydroxylation sites is 2. The molecule has 162 valence electrons. The van der Waals surface area contributed by atoms with Gasteiger partial charge in [-0.05, 0) is 42.7 Å². The SMILES string of the molecule is N#CC(NC(=O)[C@@H]1CCCC[C@H]1NC(=O)c1cnc2ccccc2n1)c1cccc(O)c1. The average Bonchev–Trinajstić information content (AvgIpc) is 2.82. The molecule has 8 heteroatoms. The fraction of sp³-hybridized carbons (Fsp3) is 0.292. The van der Waals surface area contributed by atoms with Gasteiger partial charge < -0.3 is 15.7 Å². The number of hydrogen-bond donors (Lipinski definition) is 3. The number of hydrogen-bond acceptors (Lipinski definition) is 6. The molecular formula is C24H23N5O3. The molecule has 3 aromatic rings. The van der Waals surface area contributed by atoms with Crippen LogP contribution in [-0.2, 0) is 4.79 Å². The van der Waals surface area contributed by atoms with Crippen LogP contribution in [0, 0.1) is 17.2 Å². The van der Waals surface area contributed by atoms with Crippen LogP contribution in [-0.4, -0.2) is 32.9 Å². The minimum atomic E-state index is -0.890.